The molecule has 8 heteroatoms. The molecular formula is C24H27FN4O3. The summed E-state index contributed by atoms with van der Waals surface area (Å²) in [7, 11) is 0. The minimum atomic E-state index is -0.571. The van der Waals surface area contributed by atoms with Crippen LogP contribution in [0.15, 0.2) is 36.4 Å². The number of carbonyl (C=O) groups excluding carboxylic acids is 1. The number of anilines is 1. The molecule has 2 aromatic carbocycles. The number of phenolic OH excluding ortho intramolecular Hbond substituents is 1. The normalized spacial score (nSPS) is 16.2. The van der Waals surface area contributed by atoms with E-state index in [1.165, 1.54) is 18.2 Å². The smallest absolute Gasteiger partial charge is 0.407 e. The molecule has 3 aromatic rings. The summed E-state index contributed by atoms with van der Waals surface area (Å²) >= 11 is 0. The van der Waals surface area contributed by atoms with Crippen molar-refractivity contribution in [1.82, 2.24) is 15.3 Å². The molecule has 1 amide bonds. The number of amides is 1. The zero-order chi connectivity index (χ0) is 22.7. The monoisotopic (exact) mass is 438 g/mol. The van der Waals surface area contributed by atoms with Crippen molar-refractivity contribution in [3.8, 4) is 17.1 Å². The van der Waals surface area contributed by atoms with Gasteiger partial charge in [0.05, 0.1) is 17.7 Å². The molecule has 1 aliphatic heterocycles. The zero-order valence-corrected chi connectivity index (χ0v) is 18.3. The molecule has 0 spiro atoms. The Morgan fingerprint density at radius 1 is 1.31 bits per heavy atom. The number of ether oxygens (including phenoxy) is 1. The van der Waals surface area contributed by atoms with E-state index < -0.39 is 11.9 Å². The summed E-state index contributed by atoms with van der Waals surface area (Å²) in [5.41, 5.74) is 1.72. The van der Waals surface area contributed by atoms with Gasteiger partial charge in [0.25, 0.3) is 0 Å². The lowest BCUT2D eigenvalue weighted by molar-refractivity contribution is 0.150. The highest BCUT2D eigenvalue weighted by molar-refractivity contribution is 5.92. The third-order valence-electron chi connectivity index (χ3n) is 5.68. The lowest BCUT2D eigenvalue weighted by Crippen LogP contribution is -2.41. The zero-order valence-electron chi connectivity index (χ0n) is 18.3. The van der Waals surface area contributed by atoms with Gasteiger partial charge in [0, 0.05) is 25.0 Å². The summed E-state index contributed by atoms with van der Waals surface area (Å²) in [5.74, 6) is 0.319. The van der Waals surface area contributed by atoms with Gasteiger partial charge >= 0.3 is 6.09 Å². The highest BCUT2D eigenvalue weighted by atomic mass is 19.1. The molecule has 1 aliphatic rings. The Morgan fingerprint density at radius 2 is 2.16 bits per heavy atom. The summed E-state index contributed by atoms with van der Waals surface area (Å²) in [4.78, 5) is 23.1. The number of benzene rings is 2. The summed E-state index contributed by atoms with van der Waals surface area (Å²) < 4.78 is 19.5. The molecule has 1 aromatic heterocycles. The second-order valence-corrected chi connectivity index (χ2v) is 8.08. The van der Waals surface area contributed by atoms with Crippen LogP contribution in [-0.2, 0) is 4.74 Å². The summed E-state index contributed by atoms with van der Waals surface area (Å²) in [6.07, 6.45) is 1.50. The van der Waals surface area contributed by atoms with Crippen molar-refractivity contribution >= 4 is 22.8 Å². The average Bonchev–Trinajstić information content (AvgIpc) is 2.77. The number of aromatic hydroxyl groups is 1. The summed E-state index contributed by atoms with van der Waals surface area (Å²) in [6.45, 7) is 6.07. The van der Waals surface area contributed by atoms with Gasteiger partial charge < -0.3 is 20.1 Å². The van der Waals surface area contributed by atoms with E-state index in [1.54, 1.807) is 6.92 Å². The summed E-state index contributed by atoms with van der Waals surface area (Å²) in [6, 6.07) is 10.1. The maximum atomic E-state index is 14.6. The maximum absolute atomic E-state index is 14.6. The van der Waals surface area contributed by atoms with E-state index in [4.69, 9.17) is 9.72 Å². The topological polar surface area (TPSA) is 87.6 Å². The Hall–Kier alpha value is -3.42. The largest absolute Gasteiger partial charge is 0.507 e. The number of piperidine rings is 1. The van der Waals surface area contributed by atoms with Gasteiger partial charge in [-0.2, -0.15) is 0 Å². The van der Waals surface area contributed by atoms with E-state index in [9.17, 15) is 14.3 Å². The number of carbonyl (C=O) groups is 1. The predicted octanol–water partition coefficient (Wildman–Crippen LogP) is 4.41. The molecule has 168 valence electrons. The molecule has 32 heavy (non-hydrogen) atoms. The molecule has 0 bridgehead atoms. The molecule has 0 aliphatic carbocycles. The van der Waals surface area contributed by atoms with E-state index in [0.29, 0.717) is 31.0 Å². The molecule has 2 heterocycles. The number of phenols is 1. The van der Waals surface area contributed by atoms with Crippen LogP contribution in [0, 0.1) is 18.7 Å². The van der Waals surface area contributed by atoms with Gasteiger partial charge in [-0.15, -0.1) is 0 Å². The highest BCUT2D eigenvalue weighted by Gasteiger charge is 2.25. The third-order valence-corrected chi connectivity index (χ3v) is 5.68. The SMILES string of the molecule is CCOC(=O)NCC1CCCN(c2nc(-c3c(O)cccc3F)nc3cc(C)ccc23)C1. The van der Waals surface area contributed by atoms with Crippen molar-refractivity contribution in [2.75, 3.05) is 31.1 Å². The van der Waals surface area contributed by atoms with Gasteiger partial charge in [-0.25, -0.2) is 19.2 Å². The molecule has 2 N–H and O–H groups in total. The standard InChI is InChI=1S/C24H27FN4O3/c1-3-32-24(31)26-13-16-6-5-11-29(14-16)23-17-10-9-15(2)12-19(17)27-22(28-23)21-18(25)7-4-8-20(21)30/h4,7-10,12,16,30H,3,5-6,11,13-14H2,1-2H3,(H,26,31). The molecule has 1 unspecified atom stereocenters. The van der Waals surface area contributed by atoms with Crippen LogP contribution in [0.1, 0.15) is 25.3 Å². The van der Waals surface area contributed by atoms with Crippen molar-refractivity contribution in [2.45, 2.75) is 26.7 Å². The molecule has 1 saturated heterocycles. The molecule has 0 radical (unpaired) electrons. The van der Waals surface area contributed by atoms with Crippen LogP contribution in [0.3, 0.4) is 0 Å². The third kappa shape index (κ3) is 4.59. The maximum Gasteiger partial charge on any atom is 0.407 e. The number of halogens is 1. The fourth-order valence-corrected chi connectivity index (χ4v) is 4.14. The van der Waals surface area contributed by atoms with E-state index in [-0.39, 0.29) is 23.1 Å². The number of nitrogens with one attached hydrogen (secondary N) is 1. The van der Waals surface area contributed by atoms with Crippen LogP contribution in [0.5, 0.6) is 5.75 Å². The van der Waals surface area contributed by atoms with E-state index in [2.05, 4.69) is 15.2 Å². The van der Waals surface area contributed by atoms with Gasteiger partial charge in [-0.05, 0) is 62.4 Å². The van der Waals surface area contributed by atoms with E-state index in [0.717, 1.165) is 30.3 Å². The van der Waals surface area contributed by atoms with Crippen molar-refractivity contribution in [3.05, 3.63) is 47.8 Å². The molecule has 1 fully saturated rings. The van der Waals surface area contributed by atoms with Crippen LogP contribution in [0.2, 0.25) is 0 Å². The summed E-state index contributed by atoms with van der Waals surface area (Å²) in [5, 5.41) is 14.0. The number of nitrogens with zero attached hydrogens (tertiary/aromatic N) is 3. The van der Waals surface area contributed by atoms with Crippen molar-refractivity contribution < 1.29 is 19.0 Å². The first-order chi connectivity index (χ1) is 15.5. The highest BCUT2D eigenvalue weighted by Crippen LogP contribution is 2.34. The first kappa shape index (κ1) is 21.8. The predicted molar refractivity (Wildman–Crippen MR) is 121 cm³/mol. The number of fused-ring (bicyclic) bond motifs is 1. The van der Waals surface area contributed by atoms with Gasteiger partial charge in [0.15, 0.2) is 5.82 Å². The van der Waals surface area contributed by atoms with Crippen molar-refractivity contribution in [1.29, 1.82) is 0 Å². The van der Waals surface area contributed by atoms with Gasteiger partial charge in [0.2, 0.25) is 0 Å². The number of alkyl carbamates (subject to hydrolysis) is 1. The molecular weight excluding hydrogens is 411 g/mol. The van der Waals surface area contributed by atoms with Gasteiger partial charge in [0.1, 0.15) is 17.4 Å². The number of hydrogen-bond acceptors (Lipinski definition) is 6. The lowest BCUT2D eigenvalue weighted by atomic mass is 9.97. The minimum Gasteiger partial charge on any atom is -0.507 e. The molecule has 7 nitrogen and oxygen atoms in total. The number of rotatable bonds is 5. The Labute approximate surface area is 186 Å². The average molecular weight is 439 g/mol. The first-order valence-corrected chi connectivity index (χ1v) is 10.9. The van der Waals surface area contributed by atoms with Crippen molar-refractivity contribution in [2.24, 2.45) is 5.92 Å². The quantitative estimate of drug-likeness (QED) is 0.614. The number of aromatic nitrogens is 2. The van der Waals surface area contributed by atoms with Crippen LogP contribution in [0.25, 0.3) is 22.3 Å². The number of hydrogen-bond donors (Lipinski definition) is 2. The molecule has 0 saturated carbocycles. The first-order valence-electron chi connectivity index (χ1n) is 10.9. The van der Waals surface area contributed by atoms with Crippen LogP contribution in [-0.4, -0.2) is 47.4 Å². The van der Waals surface area contributed by atoms with Crippen molar-refractivity contribution in [3.63, 3.8) is 0 Å². The Kier molecular flexibility index (Phi) is 6.39. The second-order valence-electron chi connectivity index (χ2n) is 8.08. The fourth-order valence-electron chi connectivity index (χ4n) is 4.14. The Morgan fingerprint density at radius 3 is 2.94 bits per heavy atom. The van der Waals surface area contributed by atoms with Crippen LogP contribution >= 0.6 is 0 Å². The Bertz CT molecular complexity index is 1120. The number of aryl methyl sites for hydroxylation is 1. The second kappa shape index (κ2) is 9.38. The molecule has 4 rings (SSSR count). The minimum absolute atomic E-state index is 0.00491. The Balaban J connectivity index is 1.70. The van der Waals surface area contributed by atoms with Crippen LogP contribution < -0.4 is 10.2 Å². The van der Waals surface area contributed by atoms with Crippen LogP contribution in [0.4, 0.5) is 15.0 Å². The van der Waals surface area contributed by atoms with E-state index in [1.807, 2.05) is 25.1 Å². The lowest BCUT2D eigenvalue weighted by Gasteiger charge is -2.34. The molecule has 1 atom stereocenters. The van der Waals surface area contributed by atoms with Gasteiger partial charge in [-0.3, -0.25) is 0 Å². The fraction of sp³-hybridized carbons (Fsp3) is 0.375. The van der Waals surface area contributed by atoms with E-state index >= 15 is 0 Å². The van der Waals surface area contributed by atoms with Gasteiger partial charge in [-0.1, -0.05) is 12.1 Å².